The van der Waals surface area contributed by atoms with Gasteiger partial charge in [-0.1, -0.05) is 137 Å². The normalized spacial score (nSPS) is 15.3. The van der Waals surface area contributed by atoms with Crippen LogP contribution in [0.4, 0.5) is 28.4 Å². The van der Waals surface area contributed by atoms with E-state index in [1.165, 1.54) is 84.0 Å². The van der Waals surface area contributed by atoms with Crippen LogP contribution in [-0.2, 0) is 10.8 Å². The SMILES string of the molecule is Cc1cc2c3c4c1c1ccccc1n4-c1cc4oc(-c5ccccc5)cc4cc1B3N(c1ccc3c(c1)C(C)(C)CCC3(C)C)c1cc(N(c3ccccc3)c3ccccc3)ccc1-2. The highest BCUT2D eigenvalue weighted by atomic mass is 16.3. The molecule has 0 saturated heterocycles. The number of furan rings is 1. The molecule has 5 heteroatoms. The van der Waals surface area contributed by atoms with Crippen LogP contribution in [-0.4, -0.2) is 11.4 Å². The molecule has 64 heavy (non-hydrogen) atoms. The van der Waals surface area contributed by atoms with Crippen molar-refractivity contribution in [3.63, 3.8) is 0 Å². The van der Waals surface area contributed by atoms with Crippen LogP contribution >= 0.6 is 0 Å². The fourth-order valence-electron chi connectivity index (χ4n) is 11.7. The van der Waals surface area contributed by atoms with E-state index in [2.05, 4.69) is 225 Å². The zero-order chi connectivity index (χ0) is 43.1. The maximum atomic E-state index is 6.79. The van der Waals surface area contributed by atoms with Crippen LogP contribution in [0.3, 0.4) is 0 Å². The summed E-state index contributed by atoms with van der Waals surface area (Å²) >= 11 is 0. The number of hydrogen-bond donors (Lipinski definition) is 0. The van der Waals surface area contributed by atoms with Crippen LogP contribution < -0.4 is 20.6 Å². The second kappa shape index (κ2) is 13.4. The van der Waals surface area contributed by atoms with Crippen molar-refractivity contribution in [1.82, 2.24) is 4.57 Å². The lowest BCUT2D eigenvalue weighted by atomic mass is 9.43. The molecule has 0 unspecified atom stereocenters. The second-order valence-corrected chi connectivity index (χ2v) is 19.6. The number of benzene rings is 8. The summed E-state index contributed by atoms with van der Waals surface area (Å²) in [6.07, 6.45) is 2.33. The van der Waals surface area contributed by atoms with Gasteiger partial charge in [-0.3, -0.25) is 0 Å². The zero-order valence-electron chi connectivity index (χ0n) is 37.0. The standard InChI is InChI=1S/C59H48BN3O/c1-37-31-46-44-27-25-42(61(40-19-11-7-12-20-40)41-21-13-8-14-22-41)35-51(44)63(43-26-28-47-48(34-43)59(4,5)30-29-58(47,2)3)60-49-32-39-33-53(38-17-9-6-10-18-38)64-54(39)36-52(49)62-50-24-16-15-23-45(50)55(37)57(62)56(46)60/h6-28,31-36H,29-30H2,1-5H3. The van der Waals surface area contributed by atoms with Gasteiger partial charge in [0, 0.05) is 67.5 Å². The summed E-state index contributed by atoms with van der Waals surface area (Å²) in [5.74, 6) is 0.881. The van der Waals surface area contributed by atoms with E-state index in [9.17, 15) is 0 Å². The van der Waals surface area contributed by atoms with Gasteiger partial charge < -0.3 is 18.7 Å². The number of para-hydroxylation sites is 3. The number of aryl methyl sites for hydroxylation is 1. The first-order valence-electron chi connectivity index (χ1n) is 22.8. The molecule has 308 valence electrons. The van der Waals surface area contributed by atoms with Crippen LogP contribution in [0.1, 0.15) is 57.2 Å². The summed E-state index contributed by atoms with van der Waals surface area (Å²) in [7, 11) is 0. The van der Waals surface area contributed by atoms with Crippen molar-refractivity contribution in [2.24, 2.45) is 0 Å². The molecule has 8 aromatic carbocycles. The monoisotopic (exact) mass is 825 g/mol. The molecule has 4 heterocycles. The average molecular weight is 826 g/mol. The lowest BCUT2D eigenvalue weighted by Gasteiger charge is -2.45. The maximum absolute atomic E-state index is 6.79. The van der Waals surface area contributed by atoms with Gasteiger partial charge in [-0.05, 0) is 124 Å². The van der Waals surface area contributed by atoms with Gasteiger partial charge in [-0.15, -0.1) is 0 Å². The Morgan fingerprint density at radius 2 is 1.25 bits per heavy atom. The minimum Gasteiger partial charge on any atom is -0.456 e. The van der Waals surface area contributed by atoms with Crippen LogP contribution in [0, 0.1) is 6.92 Å². The summed E-state index contributed by atoms with van der Waals surface area (Å²) < 4.78 is 9.34. The molecule has 0 radical (unpaired) electrons. The Labute approximate surface area is 375 Å². The summed E-state index contributed by atoms with van der Waals surface area (Å²) in [6.45, 7) is 11.9. The predicted octanol–water partition coefficient (Wildman–Crippen LogP) is 14.6. The van der Waals surface area contributed by atoms with Gasteiger partial charge in [0.15, 0.2) is 0 Å². The first-order chi connectivity index (χ1) is 31.1. The molecular weight excluding hydrogens is 777 g/mol. The number of fused-ring (bicyclic) bond motifs is 10. The van der Waals surface area contributed by atoms with Gasteiger partial charge in [-0.25, -0.2) is 0 Å². The summed E-state index contributed by atoms with van der Waals surface area (Å²) in [5, 5.41) is 3.71. The van der Waals surface area contributed by atoms with Crippen LogP contribution in [0.15, 0.2) is 180 Å². The molecule has 3 aliphatic rings. The van der Waals surface area contributed by atoms with Crippen molar-refractivity contribution in [2.75, 3.05) is 9.71 Å². The first-order valence-corrected chi connectivity index (χ1v) is 22.8. The van der Waals surface area contributed by atoms with E-state index < -0.39 is 0 Å². The summed E-state index contributed by atoms with van der Waals surface area (Å²) in [5.41, 5.74) is 20.9. The molecule has 0 bridgehead atoms. The minimum atomic E-state index is -0.133. The van der Waals surface area contributed by atoms with Crippen molar-refractivity contribution in [2.45, 2.75) is 58.3 Å². The van der Waals surface area contributed by atoms with Crippen molar-refractivity contribution in [3.05, 3.63) is 193 Å². The van der Waals surface area contributed by atoms with E-state index in [-0.39, 0.29) is 17.7 Å². The molecule has 0 N–H and O–H groups in total. The highest BCUT2D eigenvalue weighted by Gasteiger charge is 2.46. The molecule has 0 fully saturated rings. The molecule has 2 aromatic heterocycles. The predicted molar refractivity (Wildman–Crippen MR) is 270 cm³/mol. The smallest absolute Gasteiger partial charge is 0.333 e. The topological polar surface area (TPSA) is 24.6 Å². The molecule has 0 saturated carbocycles. The van der Waals surface area contributed by atoms with Gasteiger partial charge in [-0.2, -0.15) is 0 Å². The first kappa shape index (κ1) is 37.3. The van der Waals surface area contributed by atoms with E-state index in [0.29, 0.717) is 0 Å². The van der Waals surface area contributed by atoms with Gasteiger partial charge in [0.05, 0.1) is 11.0 Å². The Morgan fingerprint density at radius 3 is 1.98 bits per heavy atom. The van der Waals surface area contributed by atoms with Crippen LogP contribution in [0.25, 0.3) is 60.9 Å². The summed E-state index contributed by atoms with van der Waals surface area (Å²) in [6, 6.07) is 65.1. The molecule has 4 nitrogen and oxygen atoms in total. The molecular formula is C59H48BN3O. The molecule has 0 amide bonds. The van der Waals surface area contributed by atoms with Crippen LogP contribution in [0.5, 0.6) is 0 Å². The van der Waals surface area contributed by atoms with Crippen molar-refractivity contribution in [1.29, 1.82) is 0 Å². The highest BCUT2D eigenvalue weighted by Crippen LogP contribution is 2.51. The average Bonchev–Trinajstić information content (AvgIpc) is 3.91. The molecule has 2 aliphatic heterocycles. The Hall–Kier alpha value is -7.24. The number of rotatable bonds is 5. The van der Waals surface area contributed by atoms with Crippen LogP contribution in [0.2, 0.25) is 0 Å². The van der Waals surface area contributed by atoms with Gasteiger partial charge >= 0.3 is 6.85 Å². The number of anilines is 5. The molecule has 13 rings (SSSR count). The van der Waals surface area contributed by atoms with Gasteiger partial charge in [0.2, 0.25) is 0 Å². The third-order valence-electron chi connectivity index (χ3n) is 14.9. The molecule has 0 spiro atoms. The van der Waals surface area contributed by atoms with E-state index >= 15 is 0 Å². The van der Waals surface area contributed by atoms with E-state index in [1.54, 1.807) is 0 Å². The zero-order valence-corrected chi connectivity index (χ0v) is 37.0. The van der Waals surface area contributed by atoms with Crippen molar-refractivity contribution in [3.8, 4) is 28.1 Å². The Morgan fingerprint density at radius 1 is 0.578 bits per heavy atom. The van der Waals surface area contributed by atoms with E-state index in [4.69, 9.17) is 4.42 Å². The maximum Gasteiger partial charge on any atom is 0.333 e. The van der Waals surface area contributed by atoms with Crippen molar-refractivity contribution >= 4 is 79.0 Å². The van der Waals surface area contributed by atoms with Crippen molar-refractivity contribution < 1.29 is 4.42 Å². The number of nitrogens with zero attached hydrogens (tertiary/aromatic N) is 3. The van der Waals surface area contributed by atoms with E-state index in [0.717, 1.165) is 45.8 Å². The molecule has 0 atom stereocenters. The Balaban J connectivity index is 1.15. The molecule has 1 aliphatic carbocycles. The van der Waals surface area contributed by atoms with E-state index in [1.807, 2.05) is 0 Å². The molecule has 10 aromatic rings. The third-order valence-corrected chi connectivity index (χ3v) is 14.9. The minimum absolute atomic E-state index is 0.0364. The fourth-order valence-corrected chi connectivity index (χ4v) is 11.7. The van der Waals surface area contributed by atoms with Gasteiger partial charge in [0.1, 0.15) is 11.3 Å². The number of hydrogen-bond acceptors (Lipinski definition) is 3. The Bertz CT molecular complexity index is 3490. The largest absolute Gasteiger partial charge is 0.456 e. The lowest BCUT2D eigenvalue weighted by Crippen LogP contribution is -2.60. The third kappa shape index (κ3) is 5.30. The highest BCUT2D eigenvalue weighted by molar-refractivity contribution is 6.94. The van der Waals surface area contributed by atoms with Gasteiger partial charge in [0.25, 0.3) is 0 Å². The fraction of sp³-hybridized carbons (Fsp3) is 0.153. The summed E-state index contributed by atoms with van der Waals surface area (Å²) in [4.78, 5) is 5.10. The second-order valence-electron chi connectivity index (χ2n) is 19.6. The Kier molecular flexibility index (Phi) is 7.81. The number of aromatic nitrogens is 1. The lowest BCUT2D eigenvalue weighted by molar-refractivity contribution is 0.332. The quantitative estimate of drug-likeness (QED) is 0.162.